The van der Waals surface area contributed by atoms with Gasteiger partial charge in [0.1, 0.15) is 0 Å². The Kier molecular flexibility index (Phi) is 20.0. The summed E-state index contributed by atoms with van der Waals surface area (Å²) in [6.07, 6.45) is 20.2. The summed E-state index contributed by atoms with van der Waals surface area (Å²) >= 11 is 0. The summed E-state index contributed by atoms with van der Waals surface area (Å²) in [5.74, 6) is 0. The summed E-state index contributed by atoms with van der Waals surface area (Å²) in [6, 6.07) is 0. The molecule has 0 aliphatic carbocycles. The Hall–Kier alpha value is -0.540. The maximum atomic E-state index is 5.63. The fourth-order valence-corrected chi connectivity index (χ4v) is 2.48. The average molecular weight is 313 g/mol. The second-order valence-electron chi connectivity index (χ2n) is 6.09. The highest BCUT2D eigenvalue weighted by Gasteiger charge is 1.93. The molecule has 0 aromatic rings. The van der Waals surface area contributed by atoms with Gasteiger partial charge in [0, 0.05) is 26.3 Å². The summed E-state index contributed by atoms with van der Waals surface area (Å²) in [4.78, 5) is 0. The van der Waals surface area contributed by atoms with Crippen molar-refractivity contribution < 1.29 is 4.74 Å². The summed E-state index contributed by atoms with van der Waals surface area (Å²) < 4.78 is 5.63. The topological polar surface area (TPSA) is 47.3 Å². The molecule has 0 aliphatic heterocycles. The molecule has 0 aromatic heterocycles. The molecule has 22 heavy (non-hydrogen) atoms. The molecule has 0 saturated carbocycles. The van der Waals surface area contributed by atoms with Crippen LogP contribution in [-0.4, -0.2) is 26.3 Å². The van der Waals surface area contributed by atoms with Crippen molar-refractivity contribution in [3.05, 3.63) is 12.3 Å². The molecule has 0 spiro atoms. The normalized spacial score (nSPS) is 11.4. The monoisotopic (exact) mass is 312 g/mol. The molecule has 0 atom stereocenters. The van der Waals surface area contributed by atoms with Gasteiger partial charge in [-0.3, -0.25) is 0 Å². The maximum absolute atomic E-state index is 5.63. The van der Waals surface area contributed by atoms with Crippen molar-refractivity contribution in [3.63, 3.8) is 0 Å². The minimum absolute atomic E-state index is 0.600. The average Bonchev–Trinajstić information content (AvgIpc) is 2.54. The molecule has 0 radical (unpaired) electrons. The molecule has 0 fully saturated rings. The zero-order valence-electron chi connectivity index (χ0n) is 15.0. The predicted octanol–water partition coefficient (Wildman–Crippen LogP) is 4.77. The number of hydrogen-bond acceptors (Lipinski definition) is 3. The Morgan fingerprint density at radius 1 is 0.773 bits per heavy atom. The highest BCUT2D eigenvalue weighted by molar-refractivity contribution is 4.79. The molecule has 0 amide bonds. The van der Waals surface area contributed by atoms with Gasteiger partial charge in [0.15, 0.2) is 0 Å². The van der Waals surface area contributed by atoms with Crippen LogP contribution in [0.15, 0.2) is 12.3 Å². The van der Waals surface area contributed by atoms with E-state index in [1.165, 1.54) is 70.6 Å². The van der Waals surface area contributed by atoms with Crippen LogP contribution < -0.4 is 11.1 Å². The molecule has 3 N–H and O–H groups in total. The van der Waals surface area contributed by atoms with E-state index in [0.717, 1.165) is 26.2 Å². The van der Waals surface area contributed by atoms with Crippen LogP contribution in [0.3, 0.4) is 0 Å². The predicted molar refractivity (Wildman–Crippen MR) is 98.1 cm³/mol. The van der Waals surface area contributed by atoms with Crippen LogP contribution in [-0.2, 0) is 4.74 Å². The number of unbranched alkanes of at least 4 members (excludes halogenated alkanes) is 10. The van der Waals surface area contributed by atoms with Crippen molar-refractivity contribution in [2.24, 2.45) is 5.73 Å². The van der Waals surface area contributed by atoms with E-state index in [4.69, 9.17) is 10.5 Å². The first-order valence-corrected chi connectivity index (χ1v) is 9.58. The lowest BCUT2D eigenvalue weighted by Gasteiger charge is -2.05. The van der Waals surface area contributed by atoms with Gasteiger partial charge in [-0.1, -0.05) is 77.2 Å². The summed E-state index contributed by atoms with van der Waals surface area (Å²) in [7, 11) is 0. The van der Waals surface area contributed by atoms with Crippen LogP contribution >= 0.6 is 0 Å². The van der Waals surface area contributed by atoms with Gasteiger partial charge in [-0.15, -0.1) is 0 Å². The Morgan fingerprint density at radius 3 is 1.91 bits per heavy atom. The third-order valence-corrected chi connectivity index (χ3v) is 3.87. The first-order chi connectivity index (χ1) is 10.9. The third kappa shape index (κ3) is 19.5. The van der Waals surface area contributed by atoms with Gasteiger partial charge in [0.25, 0.3) is 0 Å². The van der Waals surface area contributed by atoms with Gasteiger partial charge in [-0.2, -0.15) is 0 Å². The zero-order valence-corrected chi connectivity index (χ0v) is 15.0. The lowest BCUT2D eigenvalue weighted by Crippen LogP contribution is -2.11. The molecule has 0 aliphatic rings. The van der Waals surface area contributed by atoms with Crippen LogP contribution in [0.1, 0.15) is 84.0 Å². The van der Waals surface area contributed by atoms with E-state index >= 15 is 0 Å². The van der Waals surface area contributed by atoms with Crippen LogP contribution in [0, 0.1) is 0 Å². The number of nitrogens with one attached hydrogen (secondary N) is 1. The van der Waals surface area contributed by atoms with Crippen LogP contribution in [0.4, 0.5) is 0 Å². The van der Waals surface area contributed by atoms with Crippen molar-refractivity contribution >= 4 is 0 Å². The van der Waals surface area contributed by atoms with Crippen LogP contribution in [0.2, 0.25) is 0 Å². The number of ether oxygens (including phenoxy) is 1. The lowest BCUT2D eigenvalue weighted by molar-refractivity contribution is 0.128. The minimum Gasteiger partial charge on any atom is -0.391 e. The molecular formula is C19H40N2O. The lowest BCUT2D eigenvalue weighted by atomic mass is 10.1. The van der Waals surface area contributed by atoms with Crippen molar-refractivity contribution in [2.45, 2.75) is 84.0 Å². The SMILES string of the molecule is CCCCCCCCCCCCCOCCCNC=CCN. The smallest absolute Gasteiger partial charge is 0.0482 e. The van der Waals surface area contributed by atoms with Gasteiger partial charge in [0.2, 0.25) is 0 Å². The van der Waals surface area contributed by atoms with E-state index < -0.39 is 0 Å². The Morgan fingerprint density at radius 2 is 1.32 bits per heavy atom. The van der Waals surface area contributed by atoms with Gasteiger partial charge < -0.3 is 15.8 Å². The van der Waals surface area contributed by atoms with E-state index in [1.54, 1.807) is 0 Å². The van der Waals surface area contributed by atoms with E-state index in [-0.39, 0.29) is 0 Å². The van der Waals surface area contributed by atoms with E-state index in [2.05, 4.69) is 12.2 Å². The fourth-order valence-electron chi connectivity index (χ4n) is 2.48. The largest absolute Gasteiger partial charge is 0.391 e. The third-order valence-electron chi connectivity index (χ3n) is 3.87. The molecule has 0 saturated heterocycles. The molecule has 3 nitrogen and oxygen atoms in total. The van der Waals surface area contributed by atoms with Gasteiger partial charge in [0.05, 0.1) is 0 Å². The molecule has 0 aromatic carbocycles. The highest BCUT2D eigenvalue weighted by atomic mass is 16.5. The van der Waals surface area contributed by atoms with E-state index in [1.807, 2.05) is 12.3 Å². The fraction of sp³-hybridized carbons (Fsp3) is 0.895. The summed E-state index contributed by atoms with van der Waals surface area (Å²) in [5.41, 5.74) is 5.35. The quantitative estimate of drug-likeness (QED) is 0.358. The van der Waals surface area contributed by atoms with Crippen molar-refractivity contribution in [1.29, 1.82) is 0 Å². The first kappa shape index (κ1) is 21.5. The summed E-state index contributed by atoms with van der Waals surface area (Å²) in [5, 5.41) is 3.19. The van der Waals surface area contributed by atoms with Crippen LogP contribution in [0.5, 0.6) is 0 Å². The Labute approximate surface area is 139 Å². The second kappa shape index (κ2) is 20.5. The molecule has 3 heteroatoms. The van der Waals surface area contributed by atoms with Crippen molar-refractivity contribution in [1.82, 2.24) is 5.32 Å². The summed E-state index contributed by atoms with van der Waals surface area (Å²) in [6.45, 7) is 5.63. The zero-order chi connectivity index (χ0) is 16.1. The molecule has 0 rings (SSSR count). The molecule has 132 valence electrons. The van der Waals surface area contributed by atoms with Gasteiger partial charge in [-0.25, -0.2) is 0 Å². The Bertz CT molecular complexity index is 219. The van der Waals surface area contributed by atoms with Crippen molar-refractivity contribution in [2.75, 3.05) is 26.3 Å². The number of nitrogens with two attached hydrogens (primary N) is 1. The molecule has 0 bridgehead atoms. The van der Waals surface area contributed by atoms with E-state index in [9.17, 15) is 0 Å². The van der Waals surface area contributed by atoms with Crippen molar-refractivity contribution in [3.8, 4) is 0 Å². The van der Waals surface area contributed by atoms with Crippen LogP contribution in [0.25, 0.3) is 0 Å². The maximum Gasteiger partial charge on any atom is 0.0482 e. The number of hydrogen-bond donors (Lipinski definition) is 2. The van der Waals surface area contributed by atoms with Gasteiger partial charge >= 0.3 is 0 Å². The highest BCUT2D eigenvalue weighted by Crippen LogP contribution is 2.11. The second-order valence-corrected chi connectivity index (χ2v) is 6.09. The molecular weight excluding hydrogens is 272 g/mol. The number of rotatable bonds is 18. The standard InChI is InChI=1S/C19H40N2O/c1-2-3-4-5-6-7-8-9-10-11-12-18-22-19-14-17-21-16-13-15-20/h13,16,21H,2-12,14-15,17-20H2,1H3. The molecule has 0 unspecified atom stereocenters. The molecule has 0 heterocycles. The first-order valence-electron chi connectivity index (χ1n) is 9.58. The van der Waals surface area contributed by atoms with Gasteiger partial charge in [-0.05, 0) is 19.0 Å². The minimum atomic E-state index is 0.600. The van der Waals surface area contributed by atoms with E-state index in [0.29, 0.717) is 6.54 Å². The Balaban J connectivity index is 2.95.